The molecule has 2 atom stereocenters. The van der Waals surface area contributed by atoms with Crippen LogP contribution in [0, 0.1) is 24.2 Å². The summed E-state index contributed by atoms with van der Waals surface area (Å²) >= 11 is 1.69. The van der Waals surface area contributed by atoms with E-state index in [9.17, 15) is 5.26 Å². The molecule has 0 bridgehead atoms. The molecule has 2 unspecified atom stereocenters. The zero-order chi connectivity index (χ0) is 15.1. The minimum atomic E-state index is -0.301. The molecule has 1 saturated carbocycles. The number of hydrogen-bond acceptors (Lipinski definition) is 5. The van der Waals surface area contributed by atoms with E-state index in [-0.39, 0.29) is 5.54 Å². The molecule has 114 valence electrons. The Balaban J connectivity index is 1.86. The minimum absolute atomic E-state index is 0.301. The average Bonchev–Trinajstić information content (AvgIpc) is 2.91. The Morgan fingerprint density at radius 2 is 2.24 bits per heavy atom. The number of nitriles is 1. The topological polar surface area (TPSA) is 61.6 Å². The first kappa shape index (κ1) is 16.3. The summed E-state index contributed by atoms with van der Waals surface area (Å²) in [6, 6.07) is 2.57. The lowest BCUT2D eigenvalue weighted by atomic mass is 9.86. The molecule has 1 aliphatic rings. The molecule has 4 nitrogen and oxygen atoms in total. The van der Waals surface area contributed by atoms with Crippen LogP contribution in [0.4, 0.5) is 0 Å². The number of thioether (sulfide) groups is 1. The molecular formula is C16H24N4S. The molecule has 1 aromatic rings. The SMILES string of the molecule is CCCNC1(C#N)CCCC1CCSc1ncc(C)cn1. The summed E-state index contributed by atoms with van der Waals surface area (Å²) in [6.07, 6.45) is 9.12. The first-order chi connectivity index (χ1) is 10.2. The molecule has 1 aromatic heterocycles. The minimum Gasteiger partial charge on any atom is -0.299 e. The van der Waals surface area contributed by atoms with Crippen molar-refractivity contribution >= 4 is 11.8 Å². The van der Waals surface area contributed by atoms with Gasteiger partial charge in [0.15, 0.2) is 5.16 Å². The Morgan fingerprint density at radius 3 is 2.90 bits per heavy atom. The summed E-state index contributed by atoms with van der Waals surface area (Å²) in [4.78, 5) is 8.64. The summed E-state index contributed by atoms with van der Waals surface area (Å²) in [5, 5.41) is 14.0. The number of aryl methyl sites for hydroxylation is 1. The van der Waals surface area contributed by atoms with Crippen LogP contribution in [-0.2, 0) is 0 Å². The maximum atomic E-state index is 9.62. The fourth-order valence-corrected chi connectivity index (χ4v) is 3.82. The second-order valence-corrected chi connectivity index (χ2v) is 6.84. The molecule has 1 N–H and O–H groups in total. The lowest BCUT2D eigenvalue weighted by Crippen LogP contribution is -2.47. The van der Waals surface area contributed by atoms with Crippen LogP contribution in [0.5, 0.6) is 0 Å². The van der Waals surface area contributed by atoms with E-state index in [4.69, 9.17) is 0 Å². The molecule has 5 heteroatoms. The Labute approximate surface area is 131 Å². The van der Waals surface area contributed by atoms with Crippen LogP contribution >= 0.6 is 11.8 Å². The number of aromatic nitrogens is 2. The zero-order valence-corrected chi connectivity index (χ0v) is 13.7. The molecule has 1 aliphatic carbocycles. The first-order valence-corrected chi connectivity index (χ1v) is 8.76. The summed E-state index contributed by atoms with van der Waals surface area (Å²) < 4.78 is 0. The van der Waals surface area contributed by atoms with E-state index in [1.54, 1.807) is 11.8 Å². The van der Waals surface area contributed by atoms with Crippen LogP contribution < -0.4 is 5.32 Å². The lowest BCUT2D eigenvalue weighted by molar-refractivity contribution is 0.311. The molecule has 0 aliphatic heterocycles. The van der Waals surface area contributed by atoms with E-state index < -0.39 is 0 Å². The smallest absolute Gasteiger partial charge is 0.187 e. The molecule has 0 radical (unpaired) electrons. The molecule has 0 saturated heterocycles. The van der Waals surface area contributed by atoms with E-state index >= 15 is 0 Å². The van der Waals surface area contributed by atoms with E-state index in [2.05, 4.69) is 28.3 Å². The normalized spacial score (nSPS) is 24.9. The largest absolute Gasteiger partial charge is 0.299 e. The molecule has 1 heterocycles. The van der Waals surface area contributed by atoms with Crippen molar-refractivity contribution < 1.29 is 0 Å². The predicted octanol–water partition coefficient (Wildman–Crippen LogP) is 3.33. The van der Waals surface area contributed by atoms with Crippen LogP contribution in [-0.4, -0.2) is 27.8 Å². The van der Waals surface area contributed by atoms with Crippen LogP contribution in [0.15, 0.2) is 17.6 Å². The quantitative estimate of drug-likeness (QED) is 0.618. The molecular weight excluding hydrogens is 280 g/mol. The van der Waals surface area contributed by atoms with Gasteiger partial charge in [0.05, 0.1) is 6.07 Å². The van der Waals surface area contributed by atoms with Gasteiger partial charge < -0.3 is 0 Å². The van der Waals surface area contributed by atoms with Crippen molar-refractivity contribution in [1.29, 1.82) is 5.26 Å². The standard InChI is InChI=1S/C16H24N4S/c1-3-8-20-16(12-17)7-4-5-14(16)6-9-21-15-18-10-13(2)11-19-15/h10-11,14,20H,3-9H2,1-2H3. The highest BCUT2D eigenvalue weighted by molar-refractivity contribution is 7.99. The number of rotatable bonds is 7. The third kappa shape index (κ3) is 4.18. The molecule has 2 rings (SSSR count). The van der Waals surface area contributed by atoms with Crippen molar-refractivity contribution in [3.63, 3.8) is 0 Å². The van der Waals surface area contributed by atoms with Crippen molar-refractivity contribution in [2.45, 2.75) is 56.6 Å². The number of nitrogens with zero attached hydrogens (tertiary/aromatic N) is 3. The summed E-state index contributed by atoms with van der Waals surface area (Å²) in [5.41, 5.74) is 0.785. The highest BCUT2D eigenvalue weighted by Crippen LogP contribution is 2.38. The summed E-state index contributed by atoms with van der Waals surface area (Å²) in [6.45, 7) is 5.07. The first-order valence-electron chi connectivity index (χ1n) is 7.78. The van der Waals surface area contributed by atoms with Gasteiger partial charge in [0.25, 0.3) is 0 Å². The van der Waals surface area contributed by atoms with Gasteiger partial charge in [-0.15, -0.1) is 0 Å². The van der Waals surface area contributed by atoms with Gasteiger partial charge in [0.1, 0.15) is 5.54 Å². The highest BCUT2D eigenvalue weighted by Gasteiger charge is 2.42. The Bertz CT molecular complexity index is 482. The third-order valence-corrected chi connectivity index (χ3v) is 5.07. The van der Waals surface area contributed by atoms with Crippen molar-refractivity contribution in [1.82, 2.24) is 15.3 Å². The Hall–Kier alpha value is -1.12. The summed E-state index contributed by atoms with van der Waals surface area (Å²) in [5.74, 6) is 1.43. The maximum Gasteiger partial charge on any atom is 0.187 e. The molecule has 0 aromatic carbocycles. The van der Waals surface area contributed by atoms with E-state index in [0.717, 1.165) is 55.1 Å². The monoisotopic (exact) mass is 304 g/mol. The van der Waals surface area contributed by atoms with Gasteiger partial charge in [0.2, 0.25) is 0 Å². The second-order valence-electron chi connectivity index (χ2n) is 5.78. The van der Waals surface area contributed by atoms with Crippen molar-refractivity contribution in [3.8, 4) is 6.07 Å². The van der Waals surface area contributed by atoms with Gasteiger partial charge in [-0.05, 0) is 50.6 Å². The second kappa shape index (κ2) is 7.77. The maximum absolute atomic E-state index is 9.62. The molecule has 1 fully saturated rings. The summed E-state index contributed by atoms with van der Waals surface area (Å²) in [7, 11) is 0. The molecule has 0 spiro atoms. The van der Waals surface area contributed by atoms with Crippen molar-refractivity contribution in [2.24, 2.45) is 5.92 Å². The molecule has 21 heavy (non-hydrogen) atoms. The van der Waals surface area contributed by atoms with E-state index in [1.807, 2.05) is 19.3 Å². The van der Waals surface area contributed by atoms with Crippen LogP contribution in [0.1, 0.15) is 44.6 Å². The van der Waals surface area contributed by atoms with Crippen LogP contribution in [0.2, 0.25) is 0 Å². The third-order valence-electron chi connectivity index (χ3n) is 4.17. The van der Waals surface area contributed by atoms with Gasteiger partial charge in [-0.25, -0.2) is 9.97 Å². The average molecular weight is 304 g/mol. The number of nitrogens with one attached hydrogen (secondary N) is 1. The predicted molar refractivity (Wildman–Crippen MR) is 86.1 cm³/mol. The van der Waals surface area contributed by atoms with Gasteiger partial charge in [-0.2, -0.15) is 5.26 Å². The fraction of sp³-hybridized carbons (Fsp3) is 0.688. The van der Waals surface area contributed by atoms with Gasteiger partial charge >= 0.3 is 0 Å². The van der Waals surface area contributed by atoms with Gasteiger partial charge in [-0.3, -0.25) is 5.32 Å². The Kier molecular flexibility index (Phi) is 6.01. The van der Waals surface area contributed by atoms with Gasteiger partial charge in [-0.1, -0.05) is 25.1 Å². The fourth-order valence-electron chi connectivity index (χ4n) is 2.98. The Morgan fingerprint density at radius 1 is 1.48 bits per heavy atom. The van der Waals surface area contributed by atoms with Gasteiger partial charge in [0, 0.05) is 18.1 Å². The number of hydrogen-bond donors (Lipinski definition) is 1. The van der Waals surface area contributed by atoms with E-state index in [0.29, 0.717) is 5.92 Å². The van der Waals surface area contributed by atoms with Crippen LogP contribution in [0.3, 0.4) is 0 Å². The molecule has 0 amide bonds. The van der Waals surface area contributed by atoms with Crippen LogP contribution in [0.25, 0.3) is 0 Å². The van der Waals surface area contributed by atoms with Crippen molar-refractivity contribution in [2.75, 3.05) is 12.3 Å². The van der Waals surface area contributed by atoms with E-state index in [1.165, 1.54) is 0 Å². The van der Waals surface area contributed by atoms with Crippen molar-refractivity contribution in [3.05, 3.63) is 18.0 Å². The highest BCUT2D eigenvalue weighted by atomic mass is 32.2. The zero-order valence-electron chi connectivity index (χ0n) is 12.9. The lowest BCUT2D eigenvalue weighted by Gasteiger charge is -2.29.